The molecule has 102 valence electrons. The van der Waals surface area contributed by atoms with E-state index in [-0.39, 0.29) is 5.91 Å². The van der Waals surface area contributed by atoms with Gasteiger partial charge in [-0.3, -0.25) is 4.79 Å². The molecule has 0 atom stereocenters. The SMILES string of the molecule is Cc1cc(C(=O)NC2(C#N)CCCCCC2)sc1C. The number of hydrogen-bond donors (Lipinski definition) is 1. The van der Waals surface area contributed by atoms with Gasteiger partial charge in [-0.05, 0) is 38.3 Å². The Morgan fingerprint density at radius 3 is 2.42 bits per heavy atom. The molecule has 0 bridgehead atoms. The summed E-state index contributed by atoms with van der Waals surface area (Å²) in [5.74, 6) is -0.0929. The van der Waals surface area contributed by atoms with Gasteiger partial charge in [0.15, 0.2) is 0 Å². The molecular formula is C15H20N2OS. The average molecular weight is 276 g/mol. The molecule has 1 heterocycles. The number of carbonyl (C=O) groups is 1. The standard InChI is InChI=1S/C15H20N2OS/c1-11-9-13(19-12(11)2)14(18)17-15(10-16)7-5-3-4-6-8-15/h9H,3-8H2,1-2H3,(H,17,18). The van der Waals surface area contributed by atoms with Crippen molar-refractivity contribution in [3.63, 3.8) is 0 Å². The van der Waals surface area contributed by atoms with Crippen LogP contribution in [0.2, 0.25) is 0 Å². The number of nitriles is 1. The summed E-state index contributed by atoms with van der Waals surface area (Å²) in [6, 6.07) is 4.27. The van der Waals surface area contributed by atoms with Gasteiger partial charge in [0, 0.05) is 4.88 Å². The predicted molar refractivity (Wildman–Crippen MR) is 77.3 cm³/mol. The molecule has 0 aromatic carbocycles. The smallest absolute Gasteiger partial charge is 0.262 e. The van der Waals surface area contributed by atoms with Crippen molar-refractivity contribution in [2.45, 2.75) is 57.9 Å². The molecule has 0 aliphatic heterocycles. The predicted octanol–water partition coefficient (Wildman–Crippen LogP) is 3.71. The third-order valence-corrected chi connectivity index (χ3v) is 5.07. The molecule has 1 aliphatic rings. The Labute approximate surface area is 118 Å². The first-order chi connectivity index (χ1) is 9.06. The Balaban J connectivity index is 2.13. The summed E-state index contributed by atoms with van der Waals surface area (Å²) in [7, 11) is 0. The summed E-state index contributed by atoms with van der Waals surface area (Å²) in [6.45, 7) is 4.02. The Morgan fingerprint density at radius 1 is 1.32 bits per heavy atom. The largest absolute Gasteiger partial charge is 0.333 e. The first-order valence-electron chi connectivity index (χ1n) is 6.87. The van der Waals surface area contributed by atoms with E-state index >= 15 is 0 Å². The number of hydrogen-bond acceptors (Lipinski definition) is 3. The lowest BCUT2D eigenvalue weighted by molar-refractivity contribution is 0.0917. The Bertz CT molecular complexity index is 485. The van der Waals surface area contributed by atoms with Crippen molar-refractivity contribution < 1.29 is 4.79 Å². The molecule has 1 amide bonds. The third kappa shape index (κ3) is 3.16. The second-order valence-electron chi connectivity index (χ2n) is 5.41. The van der Waals surface area contributed by atoms with Gasteiger partial charge in [-0.1, -0.05) is 25.7 Å². The van der Waals surface area contributed by atoms with E-state index in [2.05, 4.69) is 11.4 Å². The number of rotatable bonds is 2. The van der Waals surface area contributed by atoms with Crippen LogP contribution in [0.1, 0.15) is 58.6 Å². The molecule has 1 aromatic heterocycles. The first kappa shape index (κ1) is 14.1. The summed E-state index contributed by atoms with van der Waals surface area (Å²) >= 11 is 1.50. The highest BCUT2D eigenvalue weighted by Gasteiger charge is 2.33. The summed E-state index contributed by atoms with van der Waals surface area (Å²) in [4.78, 5) is 14.2. The van der Waals surface area contributed by atoms with Gasteiger partial charge in [-0.15, -0.1) is 11.3 Å². The van der Waals surface area contributed by atoms with Crippen molar-refractivity contribution in [1.29, 1.82) is 5.26 Å². The van der Waals surface area contributed by atoms with Gasteiger partial charge in [-0.25, -0.2) is 0 Å². The zero-order chi connectivity index (χ0) is 13.9. The highest BCUT2D eigenvalue weighted by Crippen LogP contribution is 2.28. The second-order valence-corrected chi connectivity index (χ2v) is 6.67. The maximum Gasteiger partial charge on any atom is 0.262 e. The molecule has 1 aliphatic carbocycles. The van der Waals surface area contributed by atoms with Crippen molar-refractivity contribution in [3.05, 3.63) is 21.4 Å². The third-order valence-electron chi connectivity index (χ3n) is 3.91. The minimum Gasteiger partial charge on any atom is -0.333 e. The topological polar surface area (TPSA) is 52.9 Å². The number of nitrogens with one attached hydrogen (secondary N) is 1. The lowest BCUT2D eigenvalue weighted by Crippen LogP contribution is -2.46. The van der Waals surface area contributed by atoms with Crippen molar-refractivity contribution in [1.82, 2.24) is 5.32 Å². The van der Waals surface area contributed by atoms with Crippen molar-refractivity contribution in [2.75, 3.05) is 0 Å². The Kier molecular flexibility index (Phi) is 4.26. The van der Waals surface area contributed by atoms with Crippen LogP contribution in [-0.4, -0.2) is 11.4 Å². The number of nitrogens with zero attached hydrogens (tertiary/aromatic N) is 1. The van der Waals surface area contributed by atoms with Crippen LogP contribution < -0.4 is 5.32 Å². The van der Waals surface area contributed by atoms with Crippen molar-refractivity contribution in [3.8, 4) is 6.07 Å². The number of carbonyl (C=O) groups excluding carboxylic acids is 1. The van der Waals surface area contributed by atoms with Gasteiger partial charge in [0.25, 0.3) is 5.91 Å². The molecule has 0 radical (unpaired) electrons. The van der Waals surface area contributed by atoms with E-state index < -0.39 is 5.54 Å². The fourth-order valence-corrected chi connectivity index (χ4v) is 3.49. The first-order valence-corrected chi connectivity index (χ1v) is 7.69. The summed E-state index contributed by atoms with van der Waals surface area (Å²) in [6.07, 6.45) is 5.93. The molecule has 1 saturated carbocycles. The van der Waals surface area contributed by atoms with Crippen LogP contribution in [0.15, 0.2) is 6.07 Å². The minimum atomic E-state index is -0.653. The molecule has 4 heteroatoms. The Morgan fingerprint density at radius 2 is 1.95 bits per heavy atom. The fraction of sp³-hybridized carbons (Fsp3) is 0.600. The van der Waals surface area contributed by atoms with E-state index in [1.54, 1.807) is 0 Å². The van der Waals surface area contributed by atoms with Gasteiger partial charge >= 0.3 is 0 Å². The van der Waals surface area contributed by atoms with Gasteiger partial charge in [0.1, 0.15) is 5.54 Å². The van der Waals surface area contributed by atoms with E-state index in [4.69, 9.17) is 0 Å². The maximum absolute atomic E-state index is 12.3. The molecule has 0 saturated heterocycles. The molecule has 3 nitrogen and oxygen atoms in total. The zero-order valence-corrected chi connectivity index (χ0v) is 12.4. The molecule has 1 fully saturated rings. The Hall–Kier alpha value is -1.34. The van der Waals surface area contributed by atoms with E-state index in [0.717, 1.165) is 49.0 Å². The zero-order valence-electron chi connectivity index (χ0n) is 11.6. The van der Waals surface area contributed by atoms with Crippen LogP contribution in [0.3, 0.4) is 0 Å². The van der Waals surface area contributed by atoms with Crippen LogP contribution in [0.25, 0.3) is 0 Å². The lowest BCUT2D eigenvalue weighted by Gasteiger charge is -2.25. The molecule has 1 N–H and O–H groups in total. The van der Waals surface area contributed by atoms with Gasteiger partial charge in [0.05, 0.1) is 10.9 Å². The quantitative estimate of drug-likeness (QED) is 0.837. The van der Waals surface area contributed by atoms with E-state index in [0.29, 0.717) is 4.88 Å². The summed E-state index contributed by atoms with van der Waals surface area (Å²) in [5.41, 5.74) is 0.487. The second kappa shape index (κ2) is 5.75. The molecule has 1 aromatic rings. The lowest BCUT2D eigenvalue weighted by atomic mass is 9.92. The van der Waals surface area contributed by atoms with Gasteiger partial charge in [0.2, 0.25) is 0 Å². The summed E-state index contributed by atoms with van der Waals surface area (Å²) in [5, 5.41) is 12.5. The normalized spacial score (nSPS) is 18.4. The van der Waals surface area contributed by atoms with Crippen molar-refractivity contribution in [2.24, 2.45) is 0 Å². The van der Waals surface area contributed by atoms with Crippen LogP contribution >= 0.6 is 11.3 Å². The maximum atomic E-state index is 12.3. The molecule has 2 rings (SSSR count). The van der Waals surface area contributed by atoms with E-state index in [1.165, 1.54) is 11.3 Å². The van der Waals surface area contributed by atoms with Crippen LogP contribution in [0, 0.1) is 25.2 Å². The highest BCUT2D eigenvalue weighted by molar-refractivity contribution is 7.14. The molecular weight excluding hydrogens is 256 g/mol. The fourth-order valence-electron chi connectivity index (χ4n) is 2.56. The number of aryl methyl sites for hydroxylation is 2. The van der Waals surface area contributed by atoms with Crippen LogP contribution in [0.4, 0.5) is 0 Å². The monoisotopic (exact) mass is 276 g/mol. The molecule has 0 spiro atoms. The number of amides is 1. The van der Waals surface area contributed by atoms with Crippen LogP contribution in [0.5, 0.6) is 0 Å². The van der Waals surface area contributed by atoms with E-state index in [1.807, 2.05) is 19.9 Å². The molecule has 0 unspecified atom stereocenters. The number of thiophene rings is 1. The van der Waals surface area contributed by atoms with Gasteiger partial charge in [-0.2, -0.15) is 5.26 Å². The molecule has 19 heavy (non-hydrogen) atoms. The van der Waals surface area contributed by atoms with Gasteiger partial charge < -0.3 is 5.32 Å². The van der Waals surface area contributed by atoms with E-state index in [9.17, 15) is 10.1 Å². The van der Waals surface area contributed by atoms with Crippen molar-refractivity contribution >= 4 is 17.2 Å². The minimum absolute atomic E-state index is 0.0929. The average Bonchev–Trinajstić information content (AvgIpc) is 2.62. The highest BCUT2D eigenvalue weighted by atomic mass is 32.1. The summed E-state index contributed by atoms with van der Waals surface area (Å²) < 4.78 is 0. The van der Waals surface area contributed by atoms with Crippen LogP contribution in [-0.2, 0) is 0 Å².